The number of rotatable bonds is 2. The molecular formula is C6H7FN2O. The Kier molecular flexibility index (Phi) is 1.80. The Labute approximate surface area is 57.3 Å². The van der Waals surface area contributed by atoms with Gasteiger partial charge in [-0.15, -0.1) is 0 Å². The normalized spacial score (nSPS) is 13.0. The van der Waals surface area contributed by atoms with E-state index >= 15 is 0 Å². The van der Waals surface area contributed by atoms with Gasteiger partial charge in [-0.25, -0.2) is 9.37 Å². The molecule has 1 atom stereocenters. The number of carbonyl (C=O) groups excluding carboxylic acids is 1. The van der Waals surface area contributed by atoms with Crippen LogP contribution in [0, 0.1) is 0 Å². The third-order valence-corrected chi connectivity index (χ3v) is 1.12. The summed E-state index contributed by atoms with van der Waals surface area (Å²) in [6.07, 6.45) is 0.755. The van der Waals surface area contributed by atoms with Gasteiger partial charge >= 0.3 is 0 Å². The molecule has 1 N–H and O–H groups in total. The van der Waals surface area contributed by atoms with E-state index in [1.807, 2.05) is 0 Å². The number of aromatic nitrogens is 2. The van der Waals surface area contributed by atoms with Gasteiger partial charge < -0.3 is 4.98 Å². The van der Waals surface area contributed by atoms with E-state index in [9.17, 15) is 9.18 Å². The monoisotopic (exact) mass is 142 g/mol. The largest absolute Gasteiger partial charge is 0.337 e. The van der Waals surface area contributed by atoms with Gasteiger partial charge in [-0.1, -0.05) is 0 Å². The standard InChI is InChI=1S/C6H7FN2O/c1-4(7)6-8-2-5(3-10)9-6/h2-4H,1H3,(H,8,9). The highest BCUT2D eigenvalue weighted by atomic mass is 19.1. The Balaban J connectivity index is 2.88. The van der Waals surface area contributed by atoms with Gasteiger partial charge in [0.15, 0.2) is 12.5 Å². The predicted molar refractivity (Wildman–Crippen MR) is 33.5 cm³/mol. The summed E-state index contributed by atoms with van der Waals surface area (Å²) < 4.78 is 12.4. The molecule has 0 spiro atoms. The van der Waals surface area contributed by atoms with Crippen LogP contribution in [-0.4, -0.2) is 16.3 Å². The molecule has 1 heterocycles. The summed E-state index contributed by atoms with van der Waals surface area (Å²) in [5, 5.41) is 0. The number of nitrogens with one attached hydrogen (secondary N) is 1. The quantitative estimate of drug-likeness (QED) is 0.631. The van der Waals surface area contributed by atoms with Crippen LogP contribution >= 0.6 is 0 Å². The van der Waals surface area contributed by atoms with Crippen LogP contribution in [0.5, 0.6) is 0 Å². The first-order valence-corrected chi connectivity index (χ1v) is 2.88. The summed E-state index contributed by atoms with van der Waals surface area (Å²) in [5.41, 5.74) is 0.305. The molecule has 1 aromatic heterocycles. The third kappa shape index (κ3) is 1.21. The summed E-state index contributed by atoms with van der Waals surface area (Å²) in [5.74, 6) is 0.196. The van der Waals surface area contributed by atoms with Crippen molar-refractivity contribution in [3.8, 4) is 0 Å². The van der Waals surface area contributed by atoms with Crippen LogP contribution in [0.1, 0.15) is 29.4 Å². The first-order valence-electron chi connectivity index (χ1n) is 2.88. The molecule has 3 nitrogen and oxygen atoms in total. The molecule has 0 aliphatic rings. The maximum atomic E-state index is 12.4. The SMILES string of the molecule is CC(F)c1ncc(C=O)[nH]1. The van der Waals surface area contributed by atoms with Crippen LogP contribution in [0.2, 0.25) is 0 Å². The molecule has 0 aliphatic heterocycles. The van der Waals surface area contributed by atoms with Crippen LogP contribution in [0.3, 0.4) is 0 Å². The molecule has 10 heavy (non-hydrogen) atoms. The van der Waals surface area contributed by atoms with Crippen molar-refractivity contribution in [2.24, 2.45) is 0 Å². The molecule has 0 saturated carbocycles. The fourth-order valence-electron chi connectivity index (χ4n) is 0.614. The lowest BCUT2D eigenvalue weighted by molar-refractivity contribution is 0.111. The van der Waals surface area contributed by atoms with Gasteiger partial charge in [0.2, 0.25) is 0 Å². The highest BCUT2D eigenvalue weighted by molar-refractivity contribution is 5.71. The van der Waals surface area contributed by atoms with Gasteiger partial charge in [-0.2, -0.15) is 0 Å². The fourth-order valence-corrected chi connectivity index (χ4v) is 0.614. The highest BCUT2D eigenvalue weighted by Gasteiger charge is 2.05. The van der Waals surface area contributed by atoms with E-state index in [2.05, 4.69) is 9.97 Å². The lowest BCUT2D eigenvalue weighted by Gasteiger charge is -1.91. The molecule has 1 aromatic rings. The second-order valence-electron chi connectivity index (χ2n) is 1.96. The molecule has 4 heteroatoms. The van der Waals surface area contributed by atoms with Gasteiger partial charge in [-0.3, -0.25) is 4.79 Å². The Hall–Kier alpha value is -1.19. The van der Waals surface area contributed by atoms with E-state index in [1.54, 1.807) is 0 Å². The Bertz CT molecular complexity index is 231. The Morgan fingerprint density at radius 1 is 1.90 bits per heavy atom. The minimum absolute atomic E-state index is 0.196. The zero-order chi connectivity index (χ0) is 7.56. The fraction of sp³-hybridized carbons (Fsp3) is 0.333. The maximum Gasteiger partial charge on any atom is 0.167 e. The molecule has 54 valence electrons. The number of halogens is 1. The lowest BCUT2D eigenvalue weighted by atomic mass is 10.4. The van der Waals surface area contributed by atoms with E-state index in [0.29, 0.717) is 12.0 Å². The number of hydrogen-bond donors (Lipinski definition) is 1. The van der Waals surface area contributed by atoms with Crippen molar-refractivity contribution in [3.63, 3.8) is 0 Å². The number of H-pyrrole nitrogens is 1. The van der Waals surface area contributed by atoms with Crippen molar-refractivity contribution in [3.05, 3.63) is 17.7 Å². The Morgan fingerprint density at radius 3 is 2.90 bits per heavy atom. The summed E-state index contributed by atoms with van der Waals surface area (Å²) in [6, 6.07) is 0. The predicted octanol–water partition coefficient (Wildman–Crippen LogP) is 1.25. The summed E-state index contributed by atoms with van der Waals surface area (Å²) in [7, 11) is 0. The topological polar surface area (TPSA) is 45.8 Å². The molecule has 0 saturated heterocycles. The van der Waals surface area contributed by atoms with Gasteiger partial charge in [0.1, 0.15) is 5.82 Å². The number of nitrogens with zero attached hydrogens (tertiary/aromatic N) is 1. The lowest BCUT2D eigenvalue weighted by Crippen LogP contribution is -1.88. The molecule has 0 aliphatic carbocycles. The summed E-state index contributed by atoms with van der Waals surface area (Å²) in [6.45, 7) is 1.35. The van der Waals surface area contributed by atoms with E-state index in [0.717, 1.165) is 0 Å². The van der Waals surface area contributed by atoms with Gasteiger partial charge in [0.25, 0.3) is 0 Å². The zero-order valence-electron chi connectivity index (χ0n) is 5.47. The van der Waals surface area contributed by atoms with Crippen LogP contribution in [0.4, 0.5) is 4.39 Å². The Morgan fingerprint density at radius 2 is 2.60 bits per heavy atom. The summed E-state index contributed by atoms with van der Waals surface area (Å²) in [4.78, 5) is 16.2. The third-order valence-electron chi connectivity index (χ3n) is 1.12. The van der Waals surface area contributed by atoms with Crippen molar-refractivity contribution in [2.45, 2.75) is 13.1 Å². The second kappa shape index (κ2) is 2.60. The van der Waals surface area contributed by atoms with E-state index < -0.39 is 6.17 Å². The van der Waals surface area contributed by atoms with Crippen LogP contribution < -0.4 is 0 Å². The van der Waals surface area contributed by atoms with Gasteiger partial charge in [-0.05, 0) is 6.92 Å². The molecule has 0 bridgehead atoms. The number of aromatic amines is 1. The molecular weight excluding hydrogens is 135 g/mol. The van der Waals surface area contributed by atoms with Crippen molar-refractivity contribution in [1.82, 2.24) is 9.97 Å². The summed E-state index contributed by atoms with van der Waals surface area (Å²) >= 11 is 0. The van der Waals surface area contributed by atoms with Crippen molar-refractivity contribution in [2.75, 3.05) is 0 Å². The van der Waals surface area contributed by atoms with E-state index in [4.69, 9.17) is 0 Å². The highest BCUT2D eigenvalue weighted by Crippen LogP contribution is 2.10. The maximum absolute atomic E-state index is 12.4. The second-order valence-corrected chi connectivity index (χ2v) is 1.96. The number of aldehydes is 1. The van der Waals surface area contributed by atoms with Crippen molar-refractivity contribution >= 4 is 6.29 Å². The average Bonchev–Trinajstić information content (AvgIpc) is 2.34. The molecule has 0 fully saturated rings. The molecule has 0 radical (unpaired) electrons. The molecule has 0 aromatic carbocycles. The average molecular weight is 142 g/mol. The molecule has 1 unspecified atom stereocenters. The number of imidazole rings is 1. The minimum atomic E-state index is -1.14. The minimum Gasteiger partial charge on any atom is -0.337 e. The first kappa shape index (κ1) is 6.92. The number of carbonyl (C=O) groups is 1. The van der Waals surface area contributed by atoms with Gasteiger partial charge in [0.05, 0.1) is 11.9 Å². The number of alkyl halides is 1. The molecule has 1 rings (SSSR count). The zero-order valence-corrected chi connectivity index (χ0v) is 5.47. The van der Waals surface area contributed by atoms with Crippen LogP contribution in [0.25, 0.3) is 0 Å². The van der Waals surface area contributed by atoms with Gasteiger partial charge in [0, 0.05) is 0 Å². The van der Waals surface area contributed by atoms with Crippen LogP contribution in [-0.2, 0) is 0 Å². The van der Waals surface area contributed by atoms with E-state index in [1.165, 1.54) is 13.1 Å². The molecule has 0 amide bonds. The number of hydrogen-bond acceptors (Lipinski definition) is 2. The van der Waals surface area contributed by atoms with Crippen LogP contribution in [0.15, 0.2) is 6.20 Å². The van der Waals surface area contributed by atoms with Crippen molar-refractivity contribution in [1.29, 1.82) is 0 Å². The first-order chi connectivity index (χ1) is 4.74. The van der Waals surface area contributed by atoms with E-state index in [-0.39, 0.29) is 5.82 Å². The van der Waals surface area contributed by atoms with Crippen molar-refractivity contribution < 1.29 is 9.18 Å². The smallest absolute Gasteiger partial charge is 0.167 e.